The molecule has 0 fully saturated rings. The average Bonchev–Trinajstić information content (AvgIpc) is 2.86. The molecule has 0 radical (unpaired) electrons. The molecule has 0 aromatic rings. The van der Waals surface area contributed by atoms with E-state index in [1.54, 1.807) is 0 Å². The van der Waals surface area contributed by atoms with Gasteiger partial charge in [-0.1, -0.05) is 162 Å². The van der Waals surface area contributed by atoms with E-state index in [4.69, 9.17) is 8.37 Å². The van der Waals surface area contributed by atoms with Crippen molar-refractivity contribution in [2.45, 2.75) is 180 Å². The third-order valence-corrected chi connectivity index (χ3v) is 7.98. The molecule has 37 heavy (non-hydrogen) atoms. The highest BCUT2D eigenvalue weighted by molar-refractivity contribution is 7.81. The standard InChI is InChI=1S/C30H60O6S/c1-3-5-7-9-11-13-15-16-17-18-19-21-23-25-27-29(30(31)32)36-37(33,34)35-28-26-24-22-20-14-12-10-8-6-4-2/h29H,3-28H2,1-2H3,(H,31,32). The van der Waals surface area contributed by atoms with Crippen molar-refractivity contribution in [3.63, 3.8) is 0 Å². The molecule has 7 heteroatoms. The zero-order chi connectivity index (χ0) is 27.5. The third-order valence-electron chi connectivity index (χ3n) is 7.05. The molecule has 0 saturated heterocycles. The van der Waals surface area contributed by atoms with Crippen LogP contribution in [0.25, 0.3) is 0 Å². The van der Waals surface area contributed by atoms with Crippen LogP contribution >= 0.6 is 0 Å². The molecule has 0 bridgehead atoms. The van der Waals surface area contributed by atoms with Gasteiger partial charge in [0.1, 0.15) is 0 Å². The Hall–Kier alpha value is -0.660. The van der Waals surface area contributed by atoms with Crippen LogP contribution in [0.1, 0.15) is 174 Å². The fraction of sp³-hybridized carbons (Fsp3) is 0.967. The van der Waals surface area contributed by atoms with Gasteiger partial charge in [0.25, 0.3) is 0 Å². The first-order chi connectivity index (χ1) is 17.9. The van der Waals surface area contributed by atoms with Gasteiger partial charge in [0.2, 0.25) is 0 Å². The second-order valence-electron chi connectivity index (χ2n) is 10.7. The highest BCUT2D eigenvalue weighted by Crippen LogP contribution is 2.16. The molecule has 0 aliphatic rings. The Balaban J connectivity index is 3.72. The quantitative estimate of drug-likeness (QED) is 0.0899. The molecule has 0 amide bonds. The summed E-state index contributed by atoms with van der Waals surface area (Å²) < 4.78 is 33.8. The topological polar surface area (TPSA) is 89.9 Å². The summed E-state index contributed by atoms with van der Waals surface area (Å²) in [5.41, 5.74) is 0. The van der Waals surface area contributed by atoms with E-state index >= 15 is 0 Å². The fourth-order valence-electron chi connectivity index (χ4n) is 4.66. The van der Waals surface area contributed by atoms with Crippen molar-refractivity contribution in [2.24, 2.45) is 0 Å². The maximum atomic E-state index is 12.0. The van der Waals surface area contributed by atoms with Gasteiger partial charge in [0, 0.05) is 0 Å². The first kappa shape index (κ1) is 36.3. The molecule has 0 aromatic heterocycles. The Morgan fingerprint density at radius 2 is 0.892 bits per heavy atom. The van der Waals surface area contributed by atoms with Crippen LogP contribution in [0.15, 0.2) is 0 Å². The summed E-state index contributed by atoms with van der Waals surface area (Å²) in [4.78, 5) is 11.5. The van der Waals surface area contributed by atoms with Gasteiger partial charge in [0.05, 0.1) is 6.61 Å². The maximum absolute atomic E-state index is 12.0. The second-order valence-corrected chi connectivity index (χ2v) is 12.0. The Bertz CT molecular complexity index is 593. The predicted molar refractivity (Wildman–Crippen MR) is 154 cm³/mol. The zero-order valence-corrected chi connectivity index (χ0v) is 25.2. The largest absolute Gasteiger partial charge is 0.479 e. The molecule has 1 atom stereocenters. The van der Waals surface area contributed by atoms with Gasteiger partial charge in [-0.05, 0) is 12.8 Å². The lowest BCUT2D eigenvalue weighted by Crippen LogP contribution is -2.28. The Morgan fingerprint density at radius 3 is 1.24 bits per heavy atom. The number of unbranched alkanes of at least 4 members (excludes halogenated alkanes) is 22. The molecule has 0 rings (SSSR count). The summed E-state index contributed by atoms with van der Waals surface area (Å²) in [6.07, 6.45) is 27.3. The summed E-state index contributed by atoms with van der Waals surface area (Å²) in [6, 6.07) is 0. The van der Waals surface area contributed by atoms with E-state index in [2.05, 4.69) is 13.8 Å². The van der Waals surface area contributed by atoms with Crippen LogP contribution in [-0.2, 0) is 23.6 Å². The molecule has 0 heterocycles. The smallest absolute Gasteiger partial charge is 0.400 e. The summed E-state index contributed by atoms with van der Waals surface area (Å²) in [6.45, 7) is 4.51. The van der Waals surface area contributed by atoms with Gasteiger partial charge in [-0.2, -0.15) is 8.42 Å². The molecule has 222 valence electrons. The van der Waals surface area contributed by atoms with Gasteiger partial charge in [-0.25, -0.2) is 13.2 Å². The Morgan fingerprint density at radius 1 is 0.568 bits per heavy atom. The van der Waals surface area contributed by atoms with Crippen LogP contribution < -0.4 is 0 Å². The van der Waals surface area contributed by atoms with E-state index in [0.29, 0.717) is 12.8 Å². The summed E-state index contributed by atoms with van der Waals surface area (Å²) in [5, 5.41) is 9.36. The molecule has 0 saturated carbocycles. The molecule has 6 nitrogen and oxygen atoms in total. The van der Waals surface area contributed by atoms with Crippen molar-refractivity contribution in [1.82, 2.24) is 0 Å². The lowest BCUT2D eigenvalue weighted by Gasteiger charge is -2.13. The van der Waals surface area contributed by atoms with Crippen LogP contribution in [-0.4, -0.2) is 32.2 Å². The van der Waals surface area contributed by atoms with Crippen molar-refractivity contribution < 1.29 is 26.7 Å². The minimum Gasteiger partial charge on any atom is -0.479 e. The summed E-state index contributed by atoms with van der Waals surface area (Å²) in [5.74, 6) is -1.25. The minimum atomic E-state index is -4.29. The number of rotatable bonds is 30. The van der Waals surface area contributed by atoms with Crippen LogP contribution in [0.5, 0.6) is 0 Å². The predicted octanol–water partition coefficient (Wildman–Crippen LogP) is 9.51. The number of hydrogen-bond acceptors (Lipinski definition) is 5. The number of carboxylic acids is 1. The molecular weight excluding hydrogens is 488 g/mol. The second kappa shape index (κ2) is 26.9. The summed E-state index contributed by atoms with van der Waals surface area (Å²) in [7, 11) is -4.29. The number of carbonyl (C=O) groups is 1. The van der Waals surface area contributed by atoms with Gasteiger partial charge in [0.15, 0.2) is 6.10 Å². The molecular formula is C30H60O6S. The Kier molecular flexibility index (Phi) is 26.4. The van der Waals surface area contributed by atoms with E-state index in [1.807, 2.05) is 0 Å². The van der Waals surface area contributed by atoms with E-state index in [0.717, 1.165) is 38.5 Å². The lowest BCUT2D eigenvalue weighted by molar-refractivity contribution is -0.145. The lowest BCUT2D eigenvalue weighted by atomic mass is 10.0. The van der Waals surface area contributed by atoms with Crippen molar-refractivity contribution in [2.75, 3.05) is 6.61 Å². The van der Waals surface area contributed by atoms with E-state index in [-0.39, 0.29) is 13.0 Å². The van der Waals surface area contributed by atoms with Crippen LogP contribution in [0.2, 0.25) is 0 Å². The van der Waals surface area contributed by atoms with Crippen molar-refractivity contribution in [3.8, 4) is 0 Å². The van der Waals surface area contributed by atoms with Crippen LogP contribution in [0, 0.1) is 0 Å². The van der Waals surface area contributed by atoms with Crippen LogP contribution in [0.3, 0.4) is 0 Å². The first-order valence-electron chi connectivity index (χ1n) is 15.7. The molecule has 0 aromatic carbocycles. The molecule has 1 unspecified atom stereocenters. The molecule has 0 aliphatic heterocycles. The Labute approximate surface area is 230 Å². The zero-order valence-electron chi connectivity index (χ0n) is 24.4. The van der Waals surface area contributed by atoms with Crippen molar-refractivity contribution in [3.05, 3.63) is 0 Å². The van der Waals surface area contributed by atoms with Gasteiger partial charge in [-0.3, -0.25) is 0 Å². The molecule has 1 N–H and O–H groups in total. The number of aliphatic carboxylic acids is 1. The normalized spacial score (nSPS) is 12.7. The first-order valence-corrected chi connectivity index (χ1v) is 17.1. The number of carboxylic acid groups (broad SMARTS) is 1. The third kappa shape index (κ3) is 26.7. The monoisotopic (exact) mass is 548 g/mol. The average molecular weight is 549 g/mol. The van der Waals surface area contributed by atoms with Crippen LogP contribution in [0.4, 0.5) is 0 Å². The highest BCUT2D eigenvalue weighted by Gasteiger charge is 2.26. The van der Waals surface area contributed by atoms with Crippen molar-refractivity contribution >= 4 is 16.4 Å². The van der Waals surface area contributed by atoms with E-state index in [1.165, 1.54) is 103 Å². The fourth-order valence-corrected chi connectivity index (χ4v) is 5.50. The van der Waals surface area contributed by atoms with Crippen molar-refractivity contribution in [1.29, 1.82) is 0 Å². The minimum absolute atomic E-state index is 0.0457. The maximum Gasteiger partial charge on any atom is 0.400 e. The number of hydrogen-bond donors (Lipinski definition) is 1. The van der Waals surface area contributed by atoms with Gasteiger partial charge in [-0.15, -0.1) is 0 Å². The molecule has 0 aliphatic carbocycles. The van der Waals surface area contributed by atoms with E-state index in [9.17, 15) is 18.3 Å². The summed E-state index contributed by atoms with van der Waals surface area (Å²) >= 11 is 0. The van der Waals surface area contributed by atoms with Gasteiger partial charge < -0.3 is 5.11 Å². The molecule has 0 spiro atoms. The highest BCUT2D eigenvalue weighted by atomic mass is 32.3. The van der Waals surface area contributed by atoms with Gasteiger partial charge >= 0.3 is 16.4 Å². The SMILES string of the molecule is CCCCCCCCCCCCCCCCC(OS(=O)(=O)OCCCCCCCCCCCC)C(=O)O. The van der Waals surface area contributed by atoms with E-state index < -0.39 is 22.5 Å².